The van der Waals surface area contributed by atoms with Crippen LogP contribution < -0.4 is 10.6 Å². The van der Waals surface area contributed by atoms with E-state index < -0.39 is 30.8 Å². The number of carbonyl (C=O) groups is 2. The lowest BCUT2D eigenvalue weighted by Crippen LogP contribution is -2.39. The summed E-state index contributed by atoms with van der Waals surface area (Å²) in [7, 11) is 0. The fraction of sp³-hybridized carbons (Fsp3) is 0.667. The number of amides is 2. The van der Waals surface area contributed by atoms with E-state index in [2.05, 4.69) is 5.32 Å². The Hall–Kier alpha value is -1.33. The van der Waals surface area contributed by atoms with E-state index in [4.69, 9.17) is 5.11 Å². The molecular formula is C6H9FN2O3. The molecule has 1 heterocycles. The molecule has 1 fully saturated rings. The molecule has 0 aromatic rings. The van der Waals surface area contributed by atoms with Crippen LogP contribution >= 0.6 is 0 Å². The Morgan fingerprint density at radius 3 is 2.92 bits per heavy atom. The SMILES string of the molecule is O=C(O)N[C@H]1C[C@@H](CF)NC1=O. The molecule has 0 unspecified atom stereocenters. The van der Waals surface area contributed by atoms with Gasteiger partial charge in [0.1, 0.15) is 12.7 Å². The zero-order chi connectivity index (χ0) is 9.14. The first-order valence-electron chi connectivity index (χ1n) is 3.49. The van der Waals surface area contributed by atoms with Gasteiger partial charge >= 0.3 is 6.09 Å². The monoisotopic (exact) mass is 176 g/mol. The molecule has 1 aliphatic rings. The number of carbonyl (C=O) groups excluding carboxylic acids is 1. The summed E-state index contributed by atoms with van der Waals surface area (Å²) in [6.45, 7) is -0.663. The van der Waals surface area contributed by atoms with E-state index in [1.165, 1.54) is 0 Å². The highest BCUT2D eigenvalue weighted by Gasteiger charge is 2.32. The first-order valence-corrected chi connectivity index (χ1v) is 3.49. The number of hydrogen-bond donors (Lipinski definition) is 3. The normalized spacial score (nSPS) is 28.2. The van der Waals surface area contributed by atoms with Crippen LogP contribution in [0.2, 0.25) is 0 Å². The molecule has 0 aromatic heterocycles. The standard InChI is InChI=1S/C6H9FN2O3/c7-2-3-1-4(5(10)8-3)9-6(11)12/h3-4,9H,1-2H2,(H,8,10)(H,11,12)/t3-,4-/m0/s1. The van der Waals surface area contributed by atoms with Gasteiger partial charge in [-0.3, -0.25) is 4.79 Å². The molecule has 2 amide bonds. The lowest BCUT2D eigenvalue weighted by Gasteiger charge is -2.04. The molecule has 5 nitrogen and oxygen atoms in total. The number of nitrogens with one attached hydrogen (secondary N) is 2. The van der Waals surface area contributed by atoms with Gasteiger partial charge in [0, 0.05) is 0 Å². The zero-order valence-corrected chi connectivity index (χ0v) is 6.21. The maximum atomic E-state index is 12.0. The average molecular weight is 176 g/mol. The number of carboxylic acid groups (broad SMARTS) is 1. The minimum absolute atomic E-state index is 0.182. The summed E-state index contributed by atoms with van der Waals surface area (Å²) in [6.07, 6.45) is -1.09. The van der Waals surface area contributed by atoms with Gasteiger partial charge in [-0.15, -0.1) is 0 Å². The predicted octanol–water partition coefficient (Wildman–Crippen LogP) is -0.519. The molecule has 0 aromatic carbocycles. The number of hydrogen-bond acceptors (Lipinski definition) is 2. The Balaban J connectivity index is 2.46. The van der Waals surface area contributed by atoms with E-state index >= 15 is 0 Å². The minimum Gasteiger partial charge on any atom is -0.465 e. The van der Waals surface area contributed by atoms with Gasteiger partial charge in [-0.1, -0.05) is 0 Å². The molecule has 0 bridgehead atoms. The van der Waals surface area contributed by atoms with Crippen molar-refractivity contribution in [1.29, 1.82) is 0 Å². The van der Waals surface area contributed by atoms with E-state index in [9.17, 15) is 14.0 Å². The third-order valence-corrected chi connectivity index (χ3v) is 1.67. The third-order valence-electron chi connectivity index (χ3n) is 1.67. The Morgan fingerprint density at radius 2 is 2.50 bits per heavy atom. The van der Waals surface area contributed by atoms with Crippen molar-refractivity contribution >= 4 is 12.0 Å². The molecule has 0 saturated carbocycles. The van der Waals surface area contributed by atoms with Crippen LogP contribution in [0.25, 0.3) is 0 Å². The molecule has 3 N–H and O–H groups in total. The smallest absolute Gasteiger partial charge is 0.405 e. The molecule has 68 valence electrons. The molecule has 1 rings (SSSR count). The molecule has 2 atom stereocenters. The maximum Gasteiger partial charge on any atom is 0.405 e. The fourth-order valence-electron chi connectivity index (χ4n) is 1.13. The van der Waals surface area contributed by atoms with Gasteiger partial charge in [0.25, 0.3) is 0 Å². The van der Waals surface area contributed by atoms with Crippen molar-refractivity contribution in [3.05, 3.63) is 0 Å². The third kappa shape index (κ3) is 1.84. The van der Waals surface area contributed by atoms with Crippen LogP contribution in [-0.2, 0) is 4.79 Å². The summed E-state index contributed by atoms with van der Waals surface area (Å²) >= 11 is 0. The second-order valence-corrected chi connectivity index (χ2v) is 2.60. The second kappa shape index (κ2) is 3.38. The van der Waals surface area contributed by atoms with Gasteiger partial charge in [0.2, 0.25) is 5.91 Å². The van der Waals surface area contributed by atoms with Crippen molar-refractivity contribution in [3.8, 4) is 0 Å². The highest BCUT2D eigenvalue weighted by molar-refractivity contribution is 5.87. The second-order valence-electron chi connectivity index (χ2n) is 2.60. The van der Waals surface area contributed by atoms with Crippen LogP contribution in [0.4, 0.5) is 9.18 Å². The van der Waals surface area contributed by atoms with Crippen LogP contribution in [0, 0.1) is 0 Å². The summed E-state index contributed by atoms with van der Waals surface area (Å²) in [4.78, 5) is 21.0. The van der Waals surface area contributed by atoms with Crippen LogP contribution in [0.3, 0.4) is 0 Å². The van der Waals surface area contributed by atoms with Gasteiger partial charge < -0.3 is 15.7 Å². The van der Waals surface area contributed by atoms with Crippen LogP contribution in [-0.4, -0.2) is 35.9 Å². The van der Waals surface area contributed by atoms with Crippen molar-refractivity contribution in [3.63, 3.8) is 0 Å². The van der Waals surface area contributed by atoms with E-state index in [0.717, 1.165) is 0 Å². The maximum absolute atomic E-state index is 12.0. The summed E-state index contributed by atoms with van der Waals surface area (Å²) in [5.74, 6) is -0.458. The summed E-state index contributed by atoms with van der Waals surface area (Å²) in [6, 6.07) is -1.35. The van der Waals surface area contributed by atoms with E-state index in [-0.39, 0.29) is 6.42 Å². The molecule has 0 radical (unpaired) electrons. The van der Waals surface area contributed by atoms with E-state index in [0.29, 0.717) is 0 Å². The zero-order valence-electron chi connectivity index (χ0n) is 6.21. The van der Waals surface area contributed by atoms with Crippen molar-refractivity contribution in [1.82, 2.24) is 10.6 Å². The lowest BCUT2D eigenvalue weighted by molar-refractivity contribution is -0.121. The van der Waals surface area contributed by atoms with Crippen molar-refractivity contribution < 1.29 is 19.1 Å². The first kappa shape index (κ1) is 8.76. The van der Waals surface area contributed by atoms with E-state index in [1.807, 2.05) is 5.32 Å². The highest BCUT2D eigenvalue weighted by Crippen LogP contribution is 2.08. The highest BCUT2D eigenvalue weighted by atomic mass is 19.1. The van der Waals surface area contributed by atoms with Gasteiger partial charge in [0.15, 0.2) is 0 Å². The predicted molar refractivity (Wildman–Crippen MR) is 37.5 cm³/mol. The van der Waals surface area contributed by atoms with Gasteiger partial charge in [0.05, 0.1) is 6.04 Å². The topological polar surface area (TPSA) is 78.4 Å². The van der Waals surface area contributed by atoms with Gasteiger partial charge in [-0.25, -0.2) is 9.18 Å². The molecule has 0 spiro atoms. The molecule has 1 aliphatic heterocycles. The Labute approximate surface area is 67.9 Å². The van der Waals surface area contributed by atoms with Crippen LogP contribution in [0.15, 0.2) is 0 Å². The number of alkyl halides is 1. The van der Waals surface area contributed by atoms with Gasteiger partial charge in [-0.2, -0.15) is 0 Å². The molecule has 1 saturated heterocycles. The quantitative estimate of drug-likeness (QED) is 0.529. The summed E-state index contributed by atoms with van der Waals surface area (Å²) in [5.41, 5.74) is 0. The van der Waals surface area contributed by atoms with Gasteiger partial charge in [-0.05, 0) is 6.42 Å². The Bertz CT molecular complexity index is 209. The fourth-order valence-corrected chi connectivity index (χ4v) is 1.13. The van der Waals surface area contributed by atoms with Crippen LogP contribution in [0.5, 0.6) is 0 Å². The Kier molecular flexibility index (Phi) is 2.47. The largest absolute Gasteiger partial charge is 0.465 e. The molecular weight excluding hydrogens is 167 g/mol. The number of halogens is 1. The van der Waals surface area contributed by atoms with Crippen molar-refractivity contribution in [2.75, 3.05) is 6.67 Å². The van der Waals surface area contributed by atoms with Crippen molar-refractivity contribution in [2.45, 2.75) is 18.5 Å². The van der Waals surface area contributed by atoms with Crippen LogP contribution in [0.1, 0.15) is 6.42 Å². The van der Waals surface area contributed by atoms with E-state index in [1.54, 1.807) is 0 Å². The number of rotatable bonds is 2. The minimum atomic E-state index is -1.27. The Morgan fingerprint density at radius 1 is 1.83 bits per heavy atom. The first-order chi connectivity index (χ1) is 5.63. The van der Waals surface area contributed by atoms with Crippen molar-refractivity contribution in [2.24, 2.45) is 0 Å². The lowest BCUT2D eigenvalue weighted by atomic mass is 10.2. The summed E-state index contributed by atoms with van der Waals surface area (Å²) < 4.78 is 12.0. The molecule has 12 heavy (non-hydrogen) atoms. The summed E-state index contributed by atoms with van der Waals surface area (Å²) in [5, 5.41) is 12.6. The molecule has 6 heteroatoms. The average Bonchev–Trinajstić information content (AvgIpc) is 2.31. The molecule has 0 aliphatic carbocycles.